The molecular formula is C9H7ClN2O2. The van der Waals surface area contributed by atoms with Crippen molar-refractivity contribution in [2.75, 3.05) is 0 Å². The van der Waals surface area contributed by atoms with Gasteiger partial charge in [0.25, 0.3) is 0 Å². The van der Waals surface area contributed by atoms with Crippen LogP contribution in [0.4, 0.5) is 0 Å². The lowest BCUT2D eigenvalue weighted by atomic mass is 10.2. The molecule has 1 heterocycles. The largest absolute Gasteiger partial charge is 0.480 e. The van der Waals surface area contributed by atoms with Crippen molar-refractivity contribution in [1.82, 2.24) is 9.78 Å². The lowest BCUT2D eigenvalue weighted by Gasteiger charge is -1.98. The molecule has 14 heavy (non-hydrogen) atoms. The minimum atomic E-state index is -0.921. The molecule has 0 aliphatic heterocycles. The van der Waals surface area contributed by atoms with Crippen LogP contribution in [0.3, 0.4) is 0 Å². The van der Waals surface area contributed by atoms with Crippen LogP contribution < -0.4 is 0 Å². The summed E-state index contributed by atoms with van der Waals surface area (Å²) >= 11 is 5.80. The summed E-state index contributed by atoms with van der Waals surface area (Å²) in [6, 6.07) is 5.26. The van der Waals surface area contributed by atoms with E-state index in [1.807, 2.05) is 6.07 Å². The molecule has 0 saturated heterocycles. The minimum absolute atomic E-state index is 0.149. The molecule has 0 fully saturated rings. The highest BCUT2D eigenvalue weighted by Gasteiger charge is 2.05. The average Bonchev–Trinajstić information content (AvgIpc) is 2.47. The van der Waals surface area contributed by atoms with E-state index in [0.29, 0.717) is 5.02 Å². The number of carboxylic acid groups (broad SMARTS) is 1. The van der Waals surface area contributed by atoms with Gasteiger partial charge < -0.3 is 5.11 Å². The van der Waals surface area contributed by atoms with Gasteiger partial charge in [-0.1, -0.05) is 11.6 Å². The van der Waals surface area contributed by atoms with Gasteiger partial charge >= 0.3 is 5.97 Å². The number of carbonyl (C=O) groups is 1. The lowest BCUT2D eigenvalue weighted by Crippen LogP contribution is -2.09. The minimum Gasteiger partial charge on any atom is -0.480 e. The van der Waals surface area contributed by atoms with Gasteiger partial charge in [-0.25, -0.2) is 0 Å². The maximum absolute atomic E-state index is 10.5. The number of halogens is 1. The van der Waals surface area contributed by atoms with Gasteiger partial charge in [0, 0.05) is 10.4 Å². The number of aliphatic carboxylic acids is 1. The zero-order chi connectivity index (χ0) is 10.1. The molecule has 1 aromatic carbocycles. The second-order valence-corrected chi connectivity index (χ2v) is 3.34. The van der Waals surface area contributed by atoms with Gasteiger partial charge in [0.05, 0.1) is 11.7 Å². The summed E-state index contributed by atoms with van der Waals surface area (Å²) in [7, 11) is 0. The van der Waals surface area contributed by atoms with E-state index in [-0.39, 0.29) is 6.54 Å². The summed E-state index contributed by atoms with van der Waals surface area (Å²) in [6.45, 7) is -0.149. The maximum atomic E-state index is 10.5. The summed E-state index contributed by atoms with van der Waals surface area (Å²) in [5.74, 6) is -0.921. The number of carboxylic acids is 1. The van der Waals surface area contributed by atoms with Gasteiger partial charge in [-0.15, -0.1) is 0 Å². The maximum Gasteiger partial charge on any atom is 0.325 e. The molecule has 5 heteroatoms. The van der Waals surface area contributed by atoms with Crippen molar-refractivity contribution in [3.63, 3.8) is 0 Å². The molecule has 4 nitrogen and oxygen atoms in total. The number of hydrogen-bond acceptors (Lipinski definition) is 2. The second-order valence-electron chi connectivity index (χ2n) is 2.90. The lowest BCUT2D eigenvalue weighted by molar-refractivity contribution is -0.137. The normalized spacial score (nSPS) is 10.6. The Morgan fingerprint density at radius 3 is 3.07 bits per heavy atom. The number of benzene rings is 1. The Morgan fingerprint density at radius 2 is 2.36 bits per heavy atom. The molecule has 1 N–H and O–H groups in total. The van der Waals surface area contributed by atoms with Crippen LogP contribution >= 0.6 is 11.6 Å². The summed E-state index contributed by atoms with van der Waals surface area (Å²) < 4.78 is 1.41. The molecule has 0 aliphatic rings. The number of hydrogen-bond donors (Lipinski definition) is 1. The summed E-state index contributed by atoms with van der Waals surface area (Å²) in [5.41, 5.74) is 0.736. The van der Waals surface area contributed by atoms with Gasteiger partial charge in [0.2, 0.25) is 0 Å². The molecule has 0 radical (unpaired) electrons. The van der Waals surface area contributed by atoms with E-state index in [4.69, 9.17) is 16.7 Å². The highest BCUT2D eigenvalue weighted by molar-refractivity contribution is 6.31. The van der Waals surface area contributed by atoms with Crippen molar-refractivity contribution in [3.8, 4) is 0 Å². The molecule has 2 rings (SSSR count). The van der Waals surface area contributed by atoms with Crippen LogP contribution in [0.2, 0.25) is 5.02 Å². The molecule has 0 spiro atoms. The molecule has 0 saturated carbocycles. The summed E-state index contributed by atoms with van der Waals surface area (Å²) in [6.07, 6.45) is 1.62. The van der Waals surface area contributed by atoms with Gasteiger partial charge in [-0.3, -0.25) is 9.48 Å². The van der Waals surface area contributed by atoms with Crippen LogP contribution in [0.1, 0.15) is 0 Å². The Morgan fingerprint density at radius 1 is 1.57 bits per heavy atom. The first-order chi connectivity index (χ1) is 6.66. The third-order valence-electron chi connectivity index (χ3n) is 1.89. The molecule has 1 aromatic heterocycles. The predicted molar refractivity (Wildman–Crippen MR) is 52.4 cm³/mol. The van der Waals surface area contributed by atoms with E-state index in [2.05, 4.69) is 5.10 Å². The van der Waals surface area contributed by atoms with Crippen molar-refractivity contribution >= 4 is 28.5 Å². The smallest absolute Gasteiger partial charge is 0.325 e. The second kappa shape index (κ2) is 3.31. The standard InChI is InChI=1S/C9H7ClN2O2/c10-7-2-1-6-4-11-12(5-9(13)14)8(6)3-7/h1-4H,5H2,(H,13,14). The number of aromatic nitrogens is 2. The zero-order valence-corrected chi connectivity index (χ0v) is 7.90. The molecule has 0 amide bonds. The summed E-state index contributed by atoms with van der Waals surface area (Å²) in [5, 5.41) is 14.0. The van der Waals surface area contributed by atoms with Gasteiger partial charge in [0.1, 0.15) is 6.54 Å². The van der Waals surface area contributed by atoms with Crippen LogP contribution in [0, 0.1) is 0 Å². The Hall–Kier alpha value is -1.55. The van der Waals surface area contributed by atoms with E-state index in [9.17, 15) is 4.79 Å². The van der Waals surface area contributed by atoms with Crippen molar-refractivity contribution in [3.05, 3.63) is 29.4 Å². The zero-order valence-electron chi connectivity index (χ0n) is 7.14. The first kappa shape index (κ1) is 9.02. The van der Waals surface area contributed by atoms with Gasteiger partial charge in [-0.2, -0.15) is 5.10 Å². The van der Waals surface area contributed by atoms with Crippen LogP contribution in [-0.4, -0.2) is 20.9 Å². The molecule has 0 bridgehead atoms. The number of fused-ring (bicyclic) bond motifs is 1. The SMILES string of the molecule is O=C(O)Cn1ncc2ccc(Cl)cc21. The monoisotopic (exact) mass is 210 g/mol. The Kier molecular flexibility index (Phi) is 2.13. The highest BCUT2D eigenvalue weighted by Crippen LogP contribution is 2.18. The molecule has 72 valence electrons. The topological polar surface area (TPSA) is 55.1 Å². The molecule has 0 atom stereocenters. The van der Waals surface area contributed by atoms with Crippen LogP contribution in [0.25, 0.3) is 10.9 Å². The van der Waals surface area contributed by atoms with Crippen LogP contribution in [0.5, 0.6) is 0 Å². The molecule has 2 aromatic rings. The van der Waals surface area contributed by atoms with Crippen molar-refractivity contribution in [2.24, 2.45) is 0 Å². The van der Waals surface area contributed by atoms with Crippen molar-refractivity contribution < 1.29 is 9.90 Å². The van der Waals surface area contributed by atoms with E-state index in [0.717, 1.165) is 10.9 Å². The fourth-order valence-corrected chi connectivity index (χ4v) is 1.46. The quantitative estimate of drug-likeness (QED) is 0.822. The predicted octanol–water partition coefficient (Wildman–Crippen LogP) is 1.77. The molecular weight excluding hydrogens is 204 g/mol. The molecule has 0 aliphatic carbocycles. The first-order valence-electron chi connectivity index (χ1n) is 4.00. The van der Waals surface area contributed by atoms with E-state index in [1.165, 1.54) is 4.68 Å². The Balaban J connectivity index is 2.55. The summed E-state index contributed by atoms with van der Waals surface area (Å²) in [4.78, 5) is 10.5. The third-order valence-corrected chi connectivity index (χ3v) is 2.13. The third kappa shape index (κ3) is 1.56. The van der Waals surface area contributed by atoms with Crippen molar-refractivity contribution in [2.45, 2.75) is 6.54 Å². The van der Waals surface area contributed by atoms with Crippen LogP contribution in [0.15, 0.2) is 24.4 Å². The van der Waals surface area contributed by atoms with Crippen LogP contribution in [-0.2, 0) is 11.3 Å². The Labute approximate surface area is 84.7 Å². The fraction of sp³-hybridized carbons (Fsp3) is 0.111. The average molecular weight is 211 g/mol. The fourth-order valence-electron chi connectivity index (χ4n) is 1.30. The Bertz CT molecular complexity index is 493. The van der Waals surface area contributed by atoms with Gasteiger partial charge in [0.15, 0.2) is 0 Å². The first-order valence-corrected chi connectivity index (χ1v) is 4.37. The highest BCUT2D eigenvalue weighted by atomic mass is 35.5. The van der Waals surface area contributed by atoms with E-state index in [1.54, 1.807) is 18.3 Å². The molecule has 0 unspecified atom stereocenters. The van der Waals surface area contributed by atoms with Crippen molar-refractivity contribution in [1.29, 1.82) is 0 Å². The number of rotatable bonds is 2. The van der Waals surface area contributed by atoms with E-state index >= 15 is 0 Å². The van der Waals surface area contributed by atoms with Gasteiger partial charge in [-0.05, 0) is 18.2 Å². The van der Waals surface area contributed by atoms with E-state index < -0.39 is 5.97 Å². The number of nitrogens with zero attached hydrogens (tertiary/aromatic N) is 2.